The van der Waals surface area contributed by atoms with Crippen molar-refractivity contribution in [2.24, 2.45) is 12.8 Å². The van der Waals surface area contributed by atoms with Gasteiger partial charge in [0.2, 0.25) is 0 Å². The number of hydrogen-bond acceptors (Lipinski definition) is 7. The number of benzene rings is 1. The lowest BCUT2D eigenvalue weighted by atomic mass is 10.1. The Morgan fingerprint density at radius 3 is 2.38 bits per heavy atom. The van der Waals surface area contributed by atoms with Gasteiger partial charge >= 0.3 is 12.4 Å². The van der Waals surface area contributed by atoms with E-state index in [1.54, 1.807) is 30.1 Å². The first kappa shape index (κ1) is 36.7. The predicted octanol–water partition coefficient (Wildman–Crippen LogP) is 5.32. The van der Waals surface area contributed by atoms with Crippen molar-refractivity contribution < 1.29 is 31.1 Å². The van der Waals surface area contributed by atoms with E-state index in [0.29, 0.717) is 60.1 Å². The molecule has 18 heteroatoms. The molecule has 1 amide bonds. The molecule has 258 valence electrons. The number of carbonyl (C=O) groups excluding carboxylic acids is 1. The Bertz CT molecular complexity index is 1680. The molecule has 2 fully saturated rings. The Kier molecular flexibility index (Phi) is 11.6. The van der Waals surface area contributed by atoms with Gasteiger partial charge in [-0.1, -0.05) is 11.6 Å². The molecule has 1 aromatic carbocycles. The summed E-state index contributed by atoms with van der Waals surface area (Å²) in [6.45, 7) is -0.401. The number of nitrogens with zero attached hydrogens (tertiary/aromatic N) is 6. The molecule has 6 rings (SSSR count). The van der Waals surface area contributed by atoms with Gasteiger partial charge in [-0.25, -0.2) is 9.97 Å². The molecule has 47 heavy (non-hydrogen) atoms. The third-order valence-corrected chi connectivity index (χ3v) is 8.11. The van der Waals surface area contributed by atoms with E-state index in [1.807, 2.05) is 6.07 Å². The van der Waals surface area contributed by atoms with Crippen molar-refractivity contribution in [3.63, 3.8) is 0 Å². The van der Waals surface area contributed by atoms with Crippen LogP contribution < -0.4 is 11.1 Å². The predicted molar refractivity (Wildman–Crippen MR) is 169 cm³/mol. The van der Waals surface area contributed by atoms with Crippen LogP contribution in [-0.2, 0) is 7.05 Å². The van der Waals surface area contributed by atoms with Crippen LogP contribution in [0.15, 0.2) is 30.6 Å². The van der Waals surface area contributed by atoms with Crippen molar-refractivity contribution in [1.82, 2.24) is 39.8 Å². The average Bonchev–Trinajstić information content (AvgIpc) is 3.52. The molecule has 4 N–H and O–H groups in total. The first-order chi connectivity index (χ1) is 21.6. The molecule has 3 aromatic heterocycles. The number of halogens is 8. The molecule has 0 radical (unpaired) electrons. The summed E-state index contributed by atoms with van der Waals surface area (Å²) in [5.41, 5.74) is 8.53. The molecule has 0 unspecified atom stereocenters. The van der Waals surface area contributed by atoms with E-state index in [2.05, 4.69) is 25.4 Å². The first-order valence-electron chi connectivity index (χ1n) is 14.8. The fourth-order valence-electron chi connectivity index (χ4n) is 5.92. The normalized spacial score (nSPS) is 19.7. The molecule has 2 aliphatic heterocycles. The van der Waals surface area contributed by atoms with Gasteiger partial charge in [-0.3, -0.25) is 19.3 Å². The minimum Gasteiger partial charge on any atom is -0.348 e. The van der Waals surface area contributed by atoms with E-state index in [-0.39, 0.29) is 36.6 Å². The number of alkyl halides is 6. The van der Waals surface area contributed by atoms with Crippen molar-refractivity contribution in [2.45, 2.75) is 50.1 Å². The Morgan fingerprint density at radius 1 is 1.06 bits per heavy atom. The SMILES string of the molecule is Cl.Cn1nc(-c2cnc3[nH]cc(C(=O)N[C@@H]4CCCN(CC(F)(F)F)C4)c3n2)c2ccc(Cl)cc21.N[C@@H]1CCCN(CC(F)(F)F)C1. The van der Waals surface area contributed by atoms with Crippen molar-refractivity contribution >= 4 is 52.0 Å². The van der Waals surface area contributed by atoms with Gasteiger partial charge in [-0.05, 0) is 57.0 Å². The average molecular weight is 711 g/mol. The smallest absolute Gasteiger partial charge is 0.348 e. The number of nitrogens with one attached hydrogen (secondary N) is 2. The molecular weight excluding hydrogens is 675 g/mol. The number of aryl methyl sites for hydroxylation is 1. The maximum atomic E-state index is 13.0. The number of rotatable bonds is 5. The maximum absolute atomic E-state index is 13.0. The number of hydrogen-bond donors (Lipinski definition) is 3. The number of carbonyl (C=O) groups is 1. The summed E-state index contributed by atoms with van der Waals surface area (Å²) in [4.78, 5) is 27.7. The maximum Gasteiger partial charge on any atom is 0.401 e. The van der Waals surface area contributed by atoms with Crippen LogP contribution in [0.1, 0.15) is 36.0 Å². The summed E-state index contributed by atoms with van der Waals surface area (Å²) >= 11 is 6.11. The minimum absolute atomic E-state index is 0. The lowest BCUT2D eigenvalue weighted by Gasteiger charge is -2.33. The number of aromatic amines is 1. The highest BCUT2D eigenvalue weighted by Gasteiger charge is 2.34. The van der Waals surface area contributed by atoms with E-state index < -0.39 is 31.3 Å². The number of fused-ring (bicyclic) bond motifs is 2. The third kappa shape index (κ3) is 9.69. The summed E-state index contributed by atoms with van der Waals surface area (Å²) in [5, 5.41) is 8.83. The van der Waals surface area contributed by atoms with Gasteiger partial charge in [0.25, 0.3) is 5.91 Å². The Morgan fingerprint density at radius 2 is 1.72 bits per heavy atom. The third-order valence-electron chi connectivity index (χ3n) is 7.87. The highest BCUT2D eigenvalue weighted by molar-refractivity contribution is 6.31. The van der Waals surface area contributed by atoms with E-state index in [1.165, 1.54) is 16.0 Å². The molecule has 2 saturated heterocycles. The minimum atomic E-state index is -4.27. The van der Waals surface area contributed by atoms with Crippen LogP contribution in [0.4, 0.5) is 26.3 Å². The van der Waals surface area contributed by atoms with E-state index >= 15 is 0 Å². The van der Waals surface area contributed by atoms with Crippen molar-refractivity contribution in [3.8, 4) is 11.4 Å². The van der Waals surface area contributed by atoms with Crippen molar-refractivity contribution in [1.29, 1.82) is 0 Å². The second kappa shape index (κ2) is 14.9. The lowest BCUT2D eigenvalue weighted by Crippen LogP contribution is -2.49. The molecule has 0 bridgehead atoms. The van der Waals surface area contributed by atoms with Gasteiger partial charge in [0, 0.05) is 48.8 Å². The van der Waals surface area contributed by atoms with Crippen molar-refractivity contribution in [3.05, 3.63) is 41.2 Å². The molecule has 2 atom stereocenters. The Hall–Kier alpha value is -3.18. The Balaban J connectivity index is 0.000000327. The summed E-state index contributed by atoms with van der Waals surface area (Å²) in [7, 11) is 1.80. The molecule has 10 nitrogen and oxygen atoms in total. The van der Waals surface area contributed by atoms with Gasteiger partial charge in [0.15, 0.2) is 5.65 Å². The van der Waals surface area contributed by atoms with E-state index in [4.69, 9.17) is 17.3 Å². The number of aromatic nitrogens is 5. The largest absolute Gasteiger partial charge is 0.401 e. The number of piperidine rings is 2. The van der Waals surface area contributed by atoms with Crippen LogP contribution in [-0.4, -0.2) is 104 Å². The zero-order valence-electron chi connectivity index (χ0n) is 25.3. The highest BCUT2D eigenvalue weighted by atomic mass is 35.5. The van der Waals surface area contributed by atoms with Gasteiger partial charge in [0.1, 0.15) is 16.9 Å². The van der Waals surface area contributed by atoms with E-state index in [0.717, 1.165) is 23.7 Å². The van der Waals surface area contributed by atoms with E-state index in [9.17, 15) is 31.1 Å². The number of amides is 1. The zero-order chi connectivity index (χ0) is 33.2. The van der Waals surface area contributed by atoms with Crippen LogP contribution >= 0.6 is 24.0 Å². The molecule has 0 aliphatic carbocycles. The van der Waals surface area contributed by atoms with Gasteiger partial charge < -0.3 is 16.0 Å². The number of nitrogens with two attached hydrogens (primary N) is 1. The van der Waals surface area contributed by atoms with Crippen molar-refractivity contribution in [2.75, 3.05) is 39.3 Å². The fourth-order valence-corrected chi connectivity index (χ4v) is 6.09. The van der Waals surface area contributed by atoms with Crippen LogP contribution in [0, 0.1) is 0 Å². The topological polar surface area (TPSA) is 121 Å². The van der Waals surface area contributed by atoms with Crippen LogP contribution in [0.25, 0.3) is 33.5 Å². The first-order valence-corrected chi connectivity index (χ1v) is 15.1. The number of H-pyrrole nitrogens is 1. The molecule has 2 aliphatic rings. The lowest BCUT2D eigenvalue weighted by molar-refractivity contribution is -0.149. The molecular formula is C29H35Cl2F6N9O. The number of likely N-dealkylation sites (tertiary alicyclic amines) is 2. The summed E-state index contributed by atoms with van der Waals surface area (Å²) in [6.07, 6.45) is -2.46. The summed E-state index contributed by atoms with van der Waals surface area (Å²) < 4.78 is 75.6. The molecule has 0 spiro atoms. The molecule has 4 aromatic rings. The monoisotopic (exact) mass is 709 g/mol. The second-order valence-electron chi connectivity index (χ2n) is 11.7. The summed E-state index contributed by atoms with van der Waals surface area (Å²) in [5.74, 6) is -0.408. The second-order valence-corrected chi connectivity index (χ2v) is 12.1. The van der Waals surface area contributed by atoms with Crippen LogP contribution in [0.2, 0.25) is 5.02 Å². The highest BCUT2D eigenvalue weighted by Crippen LogP contribution is 2.29. The van der Waals surface area contributed by atoms with Gasteiger partial charge in [-0.15, -0.1) is 12.4 Å². The zero-order valence-corrected chi connectivity index (χ0v) is 26.9. The van der Waals surface area contributed by atoms with Crippen LogP contribution in [0.3, 0.4) is 0 Å². The molecule has 5 heterocycles. The van der Waals surface area contributed by atoms with Gasteiger partial charge in [0.05, 0.1) is 30.4 Å². The Labute approximate surface area is 277 Å². The quantitative estimate of drug-likeness (QED) is 0.240. The van der Waals surface area contributed by atoms with Gasteiger partial charge in [-0.2, -0.15) is 31.4 Å². The summed E-state index contributed by atoms with van der Waals surface area (Å²) in [6, 6.07) is 4.96. The fraction of sp³-hybridized carbons (Fsp3) is 0.517. The van der Waals surface area contributed by atoms with Crippen LogP contribution in [0.5, 0.6) is 0 Å². The standard InChI is InChI=1S/C22H21ClF3N7O.C7H13F3N2.ClH/c1-32-17-7-12(23)4-5-14(17)18(31-32)16-9-28-20-19(30-16)15(8-27-20)21(34)29-13-3-2-6-33(10-13)11-22(24,25)26;8-7(9,10)5-12-3-1-2-6(11)4-12;/h4-5,7-9,13H,2-3,6,10-11H2,1H3,(H,27,28)(H,29,34);6H,1-5,11H2;1H/t13-;6-;/m11./s1. The molecule has 0 saturated carbocycles.